The van der Waals surface area contributed by atoms with Crippen molar-refractivity contribution in [1.29, 1.82) is 0 Å². The van der Waals surface area contributed by atoms with E-state index >= 15 is 0 Å². The molecule has 8 heteroatoms. The second kappa shape index (κ2) is 7.29. The molecule has 8 nitrogen and oxygen atoms in total. The quantitative estimate of drug-likeness (QED) is 0.449. The van der Waals surface area contributed by atoms with E-state index in [9.17, 15) is 14.9 Å². The molecule has 1 rings (SSSR count). The summed E-state index contributed by atoms with van der Waals surface area (Å²) in [5, 5.41) is 10.7. The normalized spacial score (nSPS) is 11.6. The van der Waals surface area contributed by atoms with Gasteiger partial charge in [-0.15, -0.1) is 0 Å². The number of carbonyl (C=O) groups is 1. The van der Waals surface area contributed by atoms with Crippen molar-refractivity contribution in [1.82, 2.24) is 0 Å². The van der Waals surface area contributed by atoms with Gasteiger partial charge >= 0.3 is 5.97 Å². The molecule has 1 atom stereocenters. The number of nitrogens with zero attached hydrogens (tertiary/aromatic N) is 1. The van der Waals surface area contributed by atoms with Gasteiger partial charge in [0.05, 0.1) is 31.8 Å². The summed E-state index contributed by atoms with van der Waals surface area (Å²) in [4.78, 5) is 21.3. The summed E-state index contributed by atoms with van der Waals surface area (Å²) < 4.78 is 14.9. The van der Waals surface area contributed by atoms with Crippen molar-refractivity contribution in [3.8, 4) is 11.5 Å². The number of nitrogens with two attached hydrogens (primary N) is 1. The molecule has 0 bridgehead atoms. The Hall–Kier alpha value is -2.35. The maximum Gasteiger partial charge on any atom is 0.322 e. The monoisotopic (exact) mass is 284 g/mol. The van der Waals surface area contributed by atoms with Gasteiger partial charge in [0, 0.05) is 12.5 Å². The molecule has 2 N–H and O–H groups in total. The maximum atomic E-state index is 11.1. The smallest absolute Gasteiger partial charge is 0.322 e. The van der Waals surface area contributed by atoms with E-state index in [0.717, 1.165) is 0 Å². The maximum absolute atomic E-state index is 11.1. The number of esters is 1. The van der Waals surface area contributed by atoms with Crippen LogP contribution in [0, 0.1) is 10.1 Å². The Bertz CT molecular complexity index is 491. The largest absolute Gasteiger partial charge is 0.493 e. The van der Waals surface area contributed by atoms with Gasteiger partial charge in [0.25, 0.3) is 5.69 Å². The van der Waals surface area contributed by atoms with E-state index in [2.05, 4.69) is 4.74 Å². The Kier molecular flexibility index (Phi) is 5.73. The minimum Gasteiger partial charge on any atom is -0.493 e. The first kappa shape index (κ1) is 15.7. The molecular weight excluding hydrogens is 268 g/mol. The number of non-ortho nitro benzene ring substituents is 1. The summed E-state index contributed by atoms with van der Waals surface area (Å²) in [5.74, 6) is 0.0422. The molecule has 0 aliphatic rings. The Morgan fingerprint density at radius 3 is 2.65 bits per heavy atom. The van der Waals surface area contributed by atoms with Crippen LogP contribution >= 0.6 is 0 Å². The van der Waals surface area contributed by atoms with Gasteiger partial charge < -0.3 is 19.9 Å². The summed E-state index contributed by atoms with van der Waals surface area (Å²) in [6, 6.07) is 3.20. The average molecular weight is 284 g/mol. The number of carbonyl (C=O) groups excluding carboxylic acids is 1. The summed E-state index contributed by atoms with van der Waals surface area (Å²) in [5.41, 5.74) is 5.43. The summed E-state index contributed by atoms with van der Waals surface area (Å²) >= 11 is 0. The summed E-state index contributed by atoms with van der Waals surface area (Å²) in [6.45, 7) is 0.105. The summed E-state index contributed by atoms with van der Waals surface area (Å²) in [7, 11) is 2.67. The molecule has 0 radical (unpaired) electrons. The summed E-state index contributed by atoms with van der Waals surface area (Å²) in [6.07, 6.45) is 0.221. The number of hydrogen-bond acceptors (Lipinski definition) is 7. The van der Waals surface area contributed by atoms with Gasteiger partial charge in [0.2, 0.25) is 0 Å². The molecule has 1 aromatic rings. The van der Waals surface area contributed by atoms with Gasteiger partial charge in [-0.3, -0.25) is 14.9 Å². The number of nitro benzene ring substituents is 1. The third-order valence-corrected chi connectivity index (χ3v) is 2.55. The van der Waals surface area contributed by atoms with E-state index in [1.54, 1.807) is 0 Å². The molecule has 20 heavy (non-hydrogen) atoms. The fourth-order valence-corrected chi connectivity index (χ4v) is 1.46. The van der Waals surface area contributed by atoms with Crippen LogP contribution in [0.4, 0.5) is 5.69 Å². The Labute approximate surface area is 115 Å². The highest BCUT2D eigenvalue weighted by Gasteiger charge is 2.16. The molecule has 0 heterocycles. The number of ether oxygens (including phenoxy) is 3. The average Bonchev–Trinajstić information content (AvgIpc) is 2.45. The van der Waals surface area contributed by atoms with Gasteiger partial charge in [0.1, 0.15) is 6.04 Å². The number of benzene rings is 1. The van der Waals surface area contributed by atoms with Crippen molar-refractivity contribution in [3.05, 3.63) is 28.3 Å². The SMILES string of the molecule is COC(=O)C(N)CCOc1cc([N+](=O)[O-])ccc1OC. The highest BCUT2D eigenvalue weighted by Crippen LogP contribution is 2.31. The Balaban J connectivity index is 2.68. The van der Waals surface area contributed by atoms with Crippen LogP contribution in [-0.2, 0) is 9.53 Å². The minimum absolute atomic E-state index is 0.105. The van der Waals surface area contributed by atoms with Crippen LogP contribution < -0.4 is 15.2 Å². The number of hydrogen-bond donors (Lipinski definition) is 1. The molecule has 0 aliphatic carbocycles. The van der Waals surface area contributed by atoms with E-state index in [-0.39, 0.29) is 24.5 Å². The number of methoxy groups -OCH3 is 2. The first-order valence-corrected chi connectivity index (χ1v) is 5.78. The molecule has 1 unspecified atom stereocenters. The third-order valence-electron chi connectivity index (χ3n) is 2.55. The molecular formula is C12H16N2O6. The van der Waals surface area contributed by atoms with Crippen LogP contribution in [-0.4, -0.2) is 37.8 Å². The third kappa shape index (κ3) is 4.09. The van der Waals surface area contributed by atoms with Crippen LogP contribution in [0.2, 0.25) is 0 Å². The van der Waals surface area contributed by atoms with Crippen LogP contribution in [0.3, 0.4) is 0 Å². The molecule has 0 saturated heterocycles. The second-order valence-corrected chi connectivity index (χ2v) is 3.86. The zero-order valence-electron chi connectivity index (χ0n) is 11.2. The first-order chi connectivity index (χ1) is 9.49. The molecule has 0 aromatic heterocycles. The molecule has 0 spiro atoms. The van der Waals surface area contributed by atoms with Gasteiger partial charge in [-0.05, 0) is 6.07 Å². The molecule has 110 valence electrons. The van der Waals surface area contributed by atoms with Crippen molar-refractivity contribution >= 4 is 11.7 Å². The molecule has 0 saturated carbocycles. The van der Waals surface area contributed by atoms with Gasteiger partial charge in [0.15, 0.2) is 11.5 Å². The molecule has 0 aliphatic heterocycles. The van der Waals surface area contributed by atoms with Gasteiger partial charge in [-0.2, -0.15) is 0 Å². The lowest BCUT2D eigenvalue weighted by Crippen LogP contribution is -2.33. The van der Waals surface area contributed by atoms with E-state index in [1.807, 2.05) is 0 Å². The van der Waals surface area contributed by atoms with Gasteiger partial charge in [-0.25, -0.2) is 0 Å². The van der Waals surface area contributed by atoms with E-state index in [0.29, 0.717) is 5.75 Å². The van der Waals surface area contributed by atoms with Crippen LogP contribution in [0.1, 0.15) is 6.42 Å². The predicted octanol–water partition coefficient (Wildman–Crippen LogP) is 0.873. The van der Waals surface area contributed by atoms with Crippen molar-refractivity contribution in [2.45, 2.75) is 12.5 Å². The fourth-order valence-electron chi connectivity index (χ4n) is 1.46. The topological polar surface area (TPSA) is 114 Å². The Morgan fingerprint density at radius 1 is 1.40 bits per heavy atom. The molecule has 0 fully saturated rings. The van der Waals surface area contributed by atoms with E-state index < -0.39 is 16.9 Å². The van der Waals surface area contributed by atoms with Crippen LogP contribution in [0.25, 0.3) is 0 Å². The zero-order valence-corrected chi connectivity index (χ0v) is 11.2. The second-order valence-electron chi connectivity index (χ2n) is 3.86. The van der Waals surface area contributed by atoms with Crippen molar-refractivity contribution in [2.24, 2.45) is 5.73 Å². The van der Waals surface area contributed by atoms with E-state index in [4.69, 9.17) is 15.2 Å². The van der Waals surface area contributed by atoms with Crippen molar-refractivity contribution in [2.75, 3.05) is 20.8 Å². The lowest BCUT2D eigenvalue weighted by Gasteiger charge is -2.12. The molecule has 1 aromatic carbocycles. The minimum atomic E-state index is -0.801. The van der Waals surface area contributed by atoms with Crippen LogP contribution in [0.15, 0.2) is 18.2 Å². The predicted molar refractivity (Wildman–Crippen MR) is 69.8 cm³/mol. The highest BCUT2D eigenvalue weighted by atomic mass is 16.6. The highest BCUT2D eigenvalue weighted by molar-refractivity contribution is 5.75. The lowest BCUT2D eigenvalue weighted by molar-refractivity contribution is -0.385. The zero-order chi connectivity index (χ0) is 15.1. The standard InChI is InChI=1S/C12H16N2O6/c1-18-10-4-3-8(14(16)17)7-11(10)20-6-5-9(13)12(15)19-2/h3-4,7,9H,5-6,13H2,1-2H3. The Morgan fingerprint density at radius 2 is 2.10 bits per heavy atom. The number of rotatable bonds is 7. The van der Waals surface area contributed by atoms with E-state index in [1.165, 1.54) is 32.4 Å². The fraction of sp³-hybridized carbons (Fsp3) is 0.417. The van der Waals surface area contributed by atoms with Gasteiger partial charge in [-0.1, -0.05) is 0 Å². The number of nitro groups is 1. The lowest BCUT2D eigenvalue weighted by atomic mass is 10.2. The molecule has 0 amide bonds. The van der Waals surface area contributed by atoms with Crippen molar-refractivity contribution < 1.29 is 23.9 Å². The van der Waals surface area contributed by atoms with Crippen molar-refractivity contribution in [3.63, 3.8) is 0 Å². The first-order valence-electron chi connectivity index (χ1n) is 5.78. The van der Waals surface area contributed by atoms with Crippen LogP contribution in [0.5, 0.6) is 11.5 Å².